The van der Waals surface area contributed by atoms with E-state index in [1.165, 1.54) is 7.11 Å². The van der Waals surface area contributed by atoms with Gasteiger partial charge in [-0.25, -0.2) is 0 Å². The van der Waals surface area contributed by atoms with E-state index in [-0.39, 0.29) is 5.91 Å². The van der Waals surface area contributed by atoms with Crippen LogP contribution < -0.4 is 9.64 Å². The summed E-state index contributed by atoms with van der Waals surface area (Å²) in [5.74, 6) is 0.517. The van der Waals surface area contributed by atoms with Gasteiger partial charge in [0, 0.05) is 12.1 Å². The van der Waals surface area contributed by atoms with Gasteiger partial charge in [-0.2, -0.15) is 0 Å². The minimum Gasteiger partial charge on any atom is -0.497 e. The van der Waals surface area contributed by atoms with Gasteiger partial charge in [-0.05, 0) is 11.6 Å². The second-order valence-corrected chi connectivity index (χ2v) is 5.29. The van der Waals surface area contributed by atoms with Crippen LogP contribution in [0.3, 0.4) is 0 Å². The Morgan fingerprint density at radius 1 is 1.15 bits per heavy atom. The van der Waals surface area contributed by atoms with Crippen molar-refractivity contribution in [1.82, 2.24) is 0 Å². The first-order valence-corrected chi connectivity index (χ1v) is 6.81. The highest BCUT2D eigenvalue weighted by atomic mass is 35.5. The van der Waals surface area contributed by atoms with Crippen LogP contribution in [-0.2, 0) is 11.2 Å². The third kappa shape index (κ3) is 2.03. The predicted octanol–water partition coefficient (Wildman–Crippen LogP) is 4.22. The van der Waals surface area contributed by atoms with E-state index in [2.05, 4.69) is 0 Å². The maximum atomic E-state index is 12.3. The Morgan fingerprint density at radius 3 is 2.45 bits per heavy atom. The Labute approximate surface area is 126 Å². The smallest absolute Gasteiger partial charge is 0.236 e. The molecule has 2 aromatic carbocycles. The molecule has 0 aliphatic carbocycles. The SMILES string of the molecule is COc1cc(Cl)c(N2C(=O)Cc3ccccc32)c(Cl)c1. The van der Waals surface area contributed by atoms with E-state index in [0.717, 1.165) is 11.3 Å². The summed E-state index contributed by atoms with van der Waals surface area (Å²) in [5.41, 5.74) is 2.30. The number of carbonyl (C=O) groups excluding carboxylic acids is 1. The maximum absolute atomic E-state index is 12.3. The van der Waals surface area contributed by atoms with E-state index in [1.54, 1.807) is 17.0 Å². The van der Waals surface area contributed by atoms with E-state index in [9.17, 15) is 4.79 Å². The molecular formula is C15H11Cl2NO2. The van der Waals surface area contributed by atoms with E-state index < -0.39 is 0 Å². The molecule has 0 atom stereocenters. The highest BCUT2D eigenvalue weighted by Crippen LogP contribution is 2.44. The first-order valence-electron chi connectivity index (χ1n) is 6.05. The van der Waals surface area contributed by atoms with E-state index in [1.807, 2.05) is 24.3 Å². The van der Waals surface area contributed by atoms with E-state index in [0.29, 0.717) is 27.9 Å². The van der Waals surface area contributed by atoms with Crippen molar-refractivity contribution in [3.8, 4) is 5.75 Å². The van der Waals surface area contributed by atoms with Crippen LogP contribution in [0.1, 0.15) is 5.56 Å². The fourth-order valence-electron chi connectivity index (χ4n) is 2.37. The minimum absolute atomic E-state index is 0.0415. The summed E-state index contributed by atoms with van der Waals surface area (Å²) < 4.78 is 5.12. The van der Waals surface area contributed by atoms with Crippen LogP contribution in [0.15, 0.2) is 36.4 Å². The number of hydrogen-bond donors (Lipinski definition) is 0. The molecular weight excluding hydrogens is 297 g/mol. The standard InChI is InChI=1S/C15H11Cl2NO2/c1-20-10-7-11(16)15(12(17)8-10)18-13-5-3-2-4-9(13)6-14(18)19/h2-5,7-8H,6H2,1H3. The molecule has 1 heterocycles. The lowest BCUT2D eigenvalue weighted by molar-refractivity contribution is -0.116. The first kappa shape index (κ1) is 13.3. The number of halogens is 2. The average Bonchev–Trinajstić information content (AvgIpc) is 2.75. The number of ether oxygens (including phenoxy) is 1. The Hall–Kier alpha value is -1.71. The molecule has 1 amide bonds. The van der Waals surface area contributed by atoms with E-state index >= 15 is 0 Å². The monoisotopic (exact) mass is 307 g/mol. The molecule has 1 aliphatic heterocycles. The maximum Gasteiger partial charge on any atom is 0.236 e. The molecule has 0 saturated heterocycles. The molecule has 3 rings (SSSR count). The number of para-hydroxylation sites is 1. The highest BCUT2D eigenvalue weighted by Gasteiger charge is 2.31. The van der Waals surface area contributed by atoms with Gasteiger partial charge in [-0.3, -0.25) is 9.69 Å². The number of rotatable bonds is 2. The summed E-state index contributed by atoms with van der Waals surface area (Å²) in [4.78, 5) is 13.8. The zero-order chi connectivity index (χ0) is 14.3. The number of nitrogens with zero attached hydrogens (tertiary/aromatic N) is 1. The molecule has 20 heavy (non-hydrogen) atoms. The summed E-state index contributed by atoms with van der Waals surface area (Å²) in [5, 5.41) is 0.777. The average molecular weight is 308 g/mol. The topological polar surface area (TPSA) is 29.5 Å². The molecule has 102 valence electrons. The summed E-state index contributed by atoms with van der Waals surface area (Å²) in [6, 6.07) is 10.9. The second-order valence-electron chi connectivity index (χ2n) is 4.47. The molecule has 0 aromatic heterocycles. The summed E-state index contributed by atoms with van der Waals surface area (Å²) in [6.07, 6.45) is 0.356. The normalized spacial score (nSPS) is 13.6. The van der Waals surface area contributed by atoms with Crippen LogP contribution in [0.4, 0.5) is 11.4 Å². The van der Waals surface area contributed by atoms with Gasteiger partial charge in [0.25, 0.3) is 0 Å². The van der Waals surface area contributed by atoms with E-state index in [4.69, 9.17) is 27.9 Å². The molecule has 0 fully saturated rings. The van der Waals surface area contributed by atoms with Crippen LogP contribution in [0.25, 0.3) is 0 Å². The van der Waals surface area contributed by atoms with Crippen molar-refractivity contribution in [2.45, 2.75) is 6.42 Å². The fraction of sp³-hybridized carbons (Fsp3) is 0.133. The minimum atomic E-state index is -0.0415. The number of anilines is 2. The fourth-order valence-corrected chi connectivity index (χ4v) is 3.01. The molecule has 3 nitrogen and oxygen atoms in total. The lowest BCUT2D eigenvalue weighted by atomic mass is 10.2. The van der Waals surface area contributed by atoms with Crippen molar-refractivity contribution in [3.63, 3.8) is 0 Å². The third-order valence-electron chi connectivity index (χ3n) is 3.27. The van der Waals surface area contributed by atoms with Gasteiger partial charge in [0.05, 0.1) is 35.0 Å². The van der Waals surface area contributed by atoms with Crippen molar-refractivity contribution >= 4 is 40.5 Å². The molecule has 5 heteroatoms. The Morgan fingerprint density at radius 2 is 1.80 bits per heavy atom. The molecule has 0 unspecified atom stereocenters. The number of amides is 1. The highest BCUT2D eigenvalue weighted by molar-refractivity contribution is 6.40. The largest absolute Gasteiger partial charge is 0.497 e. The van der Waals surface area contributed by atoms with Crippen molar-refractivity contribution < 1.29 is 9.53 Å². The molecule has 0 radical (unpaired) electrons. The van der Waals surface area contributed by atoms with Gasteiger partial charge in [0.15, 0.2) is 0 Å². The van der Waals surface area contributed by atoms with Gasteiger partial charge >= 0.3 is 0 Å². The molecule has 0 bridgehead atoms. The Kier molecular flexibility index (Phi) is 3.32. The number of methoxy groups -OCH3 is 1. The van der Waals surface area contributed by atoms with Gasteiger partial charge in [0.2, 0.25) is 5.91 Å². The number of carbonyl (C=O) groups is 1. The Bertz CT molecular complexity index is 677. The number of benzene rings is 2. The zero-order valence-corrected chi connectivity index (χ0v) is 12.2. The van der Waals surface area contributed by atoms with Crippen LogP contribution >= 0.6 is 23.2 Å². The van der Waals surface area contributed by atoms with Crippen LogP contribution in [-0.4, -0.2) is 13.0 Å². The number of fused-ring (bicyclic) bond motifs is 1. The van der Waals surface area contributed by atoms with Crippen LogP contribution in [0.2, 0.25) is 10.0 Å². The van der Waals surface area contributed by atoms with Crippen LogP contribution in [0.5, 0.6) is 5.75 Å². The van der Waals surface area contributed by atoms with Crippen molar-refractivity contribution in [2.24, 2.45) is 0 Å². The van der Waals surface area contributed by atoms with Crippen molar-refractivity contribution in [3.05, 3.63) is 52.0 Å². The van der Waals surface area contributed by atoms with Gasteiger partial charge < -0.3 is 4.74 Å². The van der Waals surface area contributed by atoms with Gasteiger partial charge in [0.1, 0.15) is 5.75 Å². The molecule has 0 spiro atoms. The second kappa shape index (κ2) is 5.00. The zero-order valence-electron chi connectivity index (χ0n) is 10.7. The predicted molar refractivity (Wildman–Crippen MR) is 80.3 cm³/mol. The Balaban J connectivity index is 2.17. The summed E-state index contributed by atoms with van der Waals surface area (Å²) in [6.45, 7) is 0. The molecule has 2 aromatic rings. The number of hydrogen-bond acceptors (Lipinski definition) is 2. The lowest BCUT2D eigenvalue weighted by Gasteiger charge is -2.21. The van der Waals surface area contributed by atoms with Crippen molar-refractivity contribution in [1.29, 1.82) is 0 Å². The molecule has 0 N–H and O–H groups in total. The van der Waals surface area contributed by atoms with Crippen molar-refractivity contribution in [2.75, 3.05) is 12.0 Å². The molecule has 1 aliphatic rings. The van der Waals surface area contributed by atoms with Crippen LogP contribution in [0, 0.1) is 0 Å². The lowest BCUT2D eigenvalue weighted by Crippen LogP contribution is -2.21. The molecule has 0 saturated carbocycles. The first-order chi connectivity index (χ1) is 9.61. The van der Waals surface area contributed by atoms with Gasteiger partial charge in [-0.1, -0.05) is 41.4 Å². The third-order valence-corrected chi connectivity index (χ3v) is 3.85. The quantitative estimate of drug-likeness (QED) is 0.831. The van der Waals surface area contributed by atoms with Gasteiger partial charge in [-0.15, -0.1) is 0 Å². The summed E-state index contributed by atoms with van der Waals surface area (Å²) >= 11 is 12.5. The summed E-state index contributed by atoms with van der Waals surface area (Å²) in [7, 11) is 1.54.